The second-order valence-corrected chi connectivity index (χ2v) is 6.01. The highest BCUT2D eigenvalue weighted by Gasteiger charge is 2.10. The summed E-state index contributed by atoms with van der Waals surface area (Å²) in [6.07, 6.45) is 0.357. The molecule has 0 aliphatic carbocycles. The largest absolute Gasteiger partial charge is 0.497 e. The number of carbonyl (C=O) groups excluding carboxylic acids is 1. The molecule has 0 saturated carbocycles. The van der Waals surface area contributed by atoms with Crippen LogP contribution in [0.25, 0.3) is 0 Å². The van der Waals surface area contributed by atoms with E-state index in [9.17, 15) is 4.79 Å². The normalized spacial score (nSPS) is 10.6. The van der Waals surface area contributed by atoms with Gasteiger partial charge >= 0.3 is 0 Å². The number of nitrogens with zero attached hydrogens (tertiary/aromatic N) is 1. The molecule has 0 aliphatic heterocycles. The molecule has 0 bridgehead atoms. The third kappa shape index (κ3) is 7.21. The number of carbonyl (C=O) groups is 1. The summed E-state index contributed by atoms with van der Waals surface area (Å²) in [6, 6.07) is 8.44. The fraction of sp³-hybridized carbons (Fsp3) is 0.526. The van der Waals surface area contributed by atoms with E-state index >= 15 is 0 Å². The van der Waals surface area contributed by atoms with Crippen LogP contribution in [0.4, 0.5) is 0 Å². The smallest absolute Gasteiger partial charge is 0.225 e. The minimum atomic E-state index is -0.0194. The monoisotopic (exact) mass is 316 g/mol. The van der Waals surface area contributed by atoms with Crippen molar-refractivity contribution in [2.45, 2.75) is 46.2 Å². The van der Waals surface area contributed by atoms with E-state index < -0.39 is 0 Å². The highest BCUT2D eigenvalue weighted by atomic mass is 16.5. The quantitative estimate of drug-likeness (QED) is 0.786. The Morgan fingerprint density at radius 3 is 2.26 bits per heavy atom. The number of benzene rings is 1. The average Bonchev–Trinajstić information content (AvgIpc) is 2.50. The Kier molecular flexibility index (Phi) is 8.21. The Labute approximate surface area is 140 Å². The molecule has 1 rings (SSSR count). The van der Waals surface area contributed by atoms with Gasteiger partial charge in [-0.15, -0.1) is 0 Å². The van der Waals surface area contributed by atoms with Crippen molar-refractivity contribution in [3.05, 3.63) is 29.8 Å². The zero-order chi connectivity index (χ0) is 17.2. The lowest BCUT2D eigenvalue weighted by atomic mass is 10.1. The van der Waals surface area contributed by atoms with Crippen molar-refractivity contribution < 1.29 is 9.53 Å². The van der Waals surface area contributed by atoms with Gasteiger partial charge < -0.3 is 10.1 Å². The molecular formula is C19H28N2O2. The van der Waals surface area contributed by atoms with Gasteiger partial charge in [0.1, 0.15) is 5.75 Å². The van der Waals surface area contributed by atoms with Gasteiger partial charge in [-0.2, -0.15) is 0 Å². The molecule has 0 heterocycles. The summed E-state index contributed by atoms with van der Waals surface area (Å²) in [5.74, 6) is 6.92. The van der Waals surface area contributed by atoms with E-state index in [0.29, 0.717) is 25.0 Å². The highest BCUT2D eigenvalue weighted by molar-refractivity contribution is 5.78. The topological polar surface area (TPSA) is 41.6 Å². The van der Waals surface area contributed by atoms with E-state index in [-0.39, 0.29) is 5.91 Å². The van der Waals surface area contributed by atoms with Gasteiger partial charge in [0.25, 0.3) is 0 Å². The fourth-order valence-corrected chi connectivity index (χ4v) is 2.31. The summed E-state index contributed by atoms with van der Waals surface area (Å²) in [5.41, 5.74) is 0.960. The Morgan fingerprint density at radius 2 is 1.74 bits per heavy atom. The molecule has 0 saturated heterocycles. The summed E-state index contributed by atoms with van der Waals surface area (Å²) < 4.78 is 5.10. The van der Waals surface area contributed by atoms with Crippen LogP contribution in [0.5, 0.6) is 5.75 Å². The molecule has 0 fully saturated rings. The summed E-state index contributed by atoms with van der Waals surface area (Å²) >= 11 is 0. The van der Waals surface area contributed by atoms with E-state index in [1.807, 2.05) is 24.3 Å². The molecule has 23 heavy (non-hydrogen) atoms. The average molecular weight is 316 g/mol. The molecule has 4 nitrogen and oxygen atoms in total. The van der Waals surface area contributed by atoms with Crippen LogP contribution in [-0.4, -0.2) is 43.1 Å². The number of hydrogen-bond donors (Lipinski definition) is 1. The molecule has 1 aromatic carbocycles. The predicted octanol–water partition coefficient (Wildman–Crippen LogP) is 2.48. The maximum Gasteiger partial charge on any atom is 0.225 e. The number of amides is 1. The van der Waals surface area contributed by atoms with Crippen molar-refractivity contribution >= 4 is 5.91 Å². The van der Waals surface area contributed by atoms with Crippen molar-refractivity contribution in [3.8, 4) is 17.6 Å². The van der Waals surface area contributed by atoms with Gasteiger partial charge in [-0.3, -0.25) is 9.69 Å². The minimum Gasteiger partial charge on any atom is -0.497 e. The Hall–Kier alpha value is -1.99. The van der Waals surface area contributed by atoms with Crippen LogP contribution in [0.3, 0.4) is 0 Å². The molecule has 0 aliphatic rings. The number of methoxy groups -OCH3 is 1. The van der Waals surface area contributed by atoms with Gasteiger partial charge in [0.05, 0.1) is 26.6 Å². The second-order valence-electron chi connectivity index (χ2n) is 6.01. The third-order valence-electron chi connectivity index (χ3n) is 3.61. The molecule has 0 radical (unpaired) electrons. The van der Waals surface area contributed by atoms with Crippen molar-refractivity contribution in [1.29, 1.82) is 0 Å². The molecule has 1 N–H and O–H groups in total. The highest BCUT2D eigenvalue weighted by Crippen LogP contribution is 2.11. The van der Waals surface area contributed by atoms with E-state index in [2.05, 4.69) is 49.8 Å². The predicted molar refractivity (Wildman–Crippen MR) is 94.5 cm³/mol. The Bertz CT molecular complexity index is 531. The van der Waals surface area contributed by atoms with Gasteiger partial charge in [0.15, 0.2) is 0 Å². The molecule has 4 heteroatoms. The van der Waals surface area contributed by atoms with Crippen LogP contribution >= 0.6 is 0 Å². The molecule has 1 amide bonds. The van der Waals surface area contributed by atoms with Gasteiger partial charge in [-0.1, -0.05) is 24.0 Å². The number of rotatable bonds is 7. The van der Waals surface area contributed by atoms with Crippen molar-refractivity contribution in [1.82, 2.24) is 10.2 Å². The molecular weight excluding hydrogens is 288 g/mol. The Balaban J connectivity index is 2.35. The molecule has 0 atom stereocenters. The first-order valence-corrected chi connectivity index (χ1v) is 8.05. The van der Waals surface area contributed by atoms with Crippen LogP contribution in [0.15, 0.2) is 24.3 Å². The van der Waals surface area contributed by atoms with Crippen LogP contribution < -0.4 is 10.1 Å². The molecule has 1 aromatic rings. The van der Waals surface area contributed by atoms with E-state index in [0.717, 1.165) is 17.9 Å². The zero-order valence-corrected chi connectivity index (χ0v) is 14.8. The third-order valence-corrected chi connectivity index (χ3v) is 3.61. The number of hydrogen-bond acceptors (Lipinski definition) is 3. The second kappa shape index (κ2) is 9.91. The summed E-state index contributed by atoms with van der Waals surface area (Å²) in [5, 5.41) is 2.83. The lowest BCUT2D eigenvalue weighted by molar-refractivity contribution is -0.120. The lowest BCUT2D eigenvalue weighted by Crippen LogP contribution is -2.37. The van der Waals surface area contributed by atoms with Crippen molar-refractivity contribution in [2.75, 3.05) is 20.2 Å². The standard InChI is InChI=1S/C19H28N2O2/c1-15(2)21(16(3)4)13-7-6-12-20-19(22)14-17-8-10-18(23-5)11-9-17/h8-11,15-16H,12-14H2,1-5H3,(H,20,22). The van der Waals surface area contributed by atoms with Crippen LogP contribution in [0.2, 0.25) is 0 Å². The van der Waals surface area contributed by atoms with Gasteiger partial charge in [0.2, 0.25) is 5.91 Å². The molecule has 0 spiro atoms. The van der Waals surface area contributed by atoms with Crippen molar-refractivity contribution in [3.63, 3.8) is 0 Å². The first-order chi connectivity index (χ1) is 10.9. The SMILES string of the molecule is COc1ccc(CC(=O)NCC#CCN(C(C)C)C(C)C)cc1. The molecule has 126 valence electrons. The van der Waals surface area contributed by atoms with Crippen molar-refractivity contribution in [2.24, 2.45) is 0 Å². The van der Waals surface area contributed by atoms with Crippen LogP contribution in [0, 0.1) is 11.8 Å². The number of nitrogens with one attached hydrogen (secondary N) is 1. The number of ether oxygens (including phenoxy) is 1. The first kappa shape index (κ1) is 19.1. The van der Waals surface area contributed by atoms with Gasteiger partial charge in [0, 0.05) is 12.1 Å². The lowest BCUT2D eigenvalue weighted by Gasteiger charge is -2.28. The van der Waals surface area contributed by atoms with E-state index in [1.165, 1.54) is 0 Å². The zero-order valence-electron chi connectivity index (χ0n) is 14.8. The summed E-state index contributed by atoms with van der Waals surface area (Å²) in [4.78, 5) is 14.2. The first-order valence-electron chi connectivity index (χ1n) is 8.05. The molecule has 0 unspecified atom stereocenters. The fourth-order valence-electron chi connectivity index (χ4n) is 2.31. The van der Waals surface area contributed by atoms with Crippen LogP contribution in [-0.2, 0) is 11.2 Å². The summed E-state index contributed by atoms with van der Waals surface area (Å²) in [7, 11) is 1.63. The maximum absolute atomic E-state index is 11.9. The van der Waals surface area contributed by atoms with Gasteiger partial charge in [-0.05, 0) is 45.4 Å². The Morgan fingerprint density at radius 1 is 1.13 bits per heavy atom. The maximum atomic E-state index is 11.9. The molecule has 0 aromatic heterocycles. The van der Waals surface area contributed by atoms with Crippen LogP contribution in [0.1, 0.15) is 33.3 Å². The van der Waals surface area contributed by atoms with Gasteiger partial charge in [-0.25, -0.2) is 0 Å². The minimum absolute atomic E-state index is 0.0194. The van der Waals surface area contributed by atoms with E-state index in [4.69, 9.17) is 4.74 Å². The van der Waals surface area contributed by atoms with E-state index in [1.54, 1.807) is 7.11 Å². The summed E-state index contributed by atoms with van der Waals surface area (Å²) in [6.45, 7) is 9.77.